The Kier molecular flexibility index (Phi) is 35.7. The number of halogens is 2. The van der Waals surface area contributed by atoms with Gasteiger partial charge < -0.3 is 29.6 Å². The maximum absolute atomic E-state index is 12.8. The summed E-state index contributed by atoms with van der Waals surface area (Å²) in [6.07, 6.45) is 39.8. The van der Waals surface area contributed by atoms with E-state index in [1.54, 1.807) is 5.56 Å². The number of carbonyl (C=O) groups is 13. The number of nitrogen functional groups attached to an aromatic ring is 1. The van der Waals surface area contributed by atoms with E-state index in [0.717, 1.165) is 196 Å². The van der Waals surface area contributed by atoms with E-state index in [9.17, 15) is 62.3 Å². The Morgan fingerprint density at radius 2 is 1.04 bits per heavy atom. The van der Waals surface area contributed by atoms with Crippen LogP contribution in [0.3, 0.4) is 0 Å². The van der Waals surface area contributed by atoms with E-state index in [-0.39, 0.29) is 142 Å². The van der Waals surface area contributed by atoms with Gasteiger partial charge in [-0.3, -0.25) is 81.8 Å². The number of Topliss-reactive ketones (excluding diaryl/α,β-unsaturated/α-hetero) is 10. The molecular formula is C111H153Br2KN14O16. The van der Waals surface area contributed by atoms with Crippen LogP contribution in [0.1, 0.15) is 443 Å². The van der Waals surface area contributed by atoms with Gasteiger partial charge in [-0.2, -0.15) is 25.5 Å². The molecule has 6 heterocycles. The van der Waals surface area contributed by atoms with E-state index in [1.807, 2.05) is 80.4 Å². The number of esters is 3. The molecule has 13 saturated carbocycles. The molecule has 13 fully saturated rings. The number of nitrogens with two attached hydrogens (primary N) is 1. The van der Waals surface area contributed by atoms with Crippen molar-refractivity contribution >= 4 is 114 Å². The topological polar surface area (TPSA) is 415 Å². The first-order valence-corrected chi connectivity index (χ1v) is 55.0. The van der Waals surface area contributed by atoms with Crippen LogP contribution in [-0.2, 0) is 117 Å². The molecule has 4 N–H and O–H groups in total. The predicted octanol–water partition coefficient (Wildman–Crippen LogP) is 16.4. The molecule has 7 spiro atoms. The summed E-state index contributed by atoms with van der Waals surface area (Å²) in [6, 6.07) is 0. The number of carbonyl (C=O) groups excluding carboxylic acids is 13. The molecule has 4 atom stereocenters. The van der Waals surface area contributed by atoms with Gasteiger partial charge in [0.1, 0.15) is 46.0 Å². The molecule has 30 nitrogen and oxygen atoms in total. The number of hydrogen-bond donors (Lipinski definition) is 3. The van der Waals surface area contributed by atoms with Crippen LogP contribution < -0.4 is 57.1 Å². The number of methoxy groups -OCH3 is 3. The summed E-state index contributed by atoms with van der Waals surface area (Å²) in [7, 11) is 13.8. The number of alkyl halides is 2. The van der Waals surface area contributed by atoms with Crippen molar-refractivity contribution in [1.82, 2.24) is 64.6 Å². The van der Waals surface area contributed by atoms with E-state index in [2.05, 4.69) is 156 Å². The molecule has 0 amide bonds. The van der Waals surface area contributed by atoms with Crippen molar-refractivity contribution in [3.63, 3.8) is 0 Å². The number of nitrogens with zero attached hydrogens (tertiary/aromatic N) is 11. The summed E-state index contributed by atoms with van der Waals surface area (Å²) >= 11 is 6.59. The molecule has 33 heteroatoms. The Hall–Kier alpha value is -7.95. The zero-order valence-electron chi connectivity index (χ0n) is 89.2. The summed E-state index contributed by atoms with van der Waals surface area (Å²) < 4.78 is 19.4. The molecule has 6 aromatic heterocycles. The average Bonchev–Trinajstić information content (AvgIpc) is 1.51. The minimum Gasteiger partial charge on any atom is -0.491 e. The Balaban J connectivity index is 0.000000134. The van der Waals surface area contributed by atoms with Crippen molar-refractivity contribution in [2.75, 3.05) is 51.8 Å². The summed E-state index contributed by atoms with van der Waals surface area (Å²) in [5.41, 5.74) is 26.4. The molecule has 18 aliphatic carbocycles. The molecule has 0 saturated heterocycles. The van der Waals surface area contributed by atoms with Gasteiger partial charge in [-0.1, -0.05) is 121 Å². The van der Waals surface area contributed by atoms with Crippen LogP contribution in [0, 0.1) is 45.8 Å². The number of ketones is 10. The molecule has 778 valence electrons. The maximum Gasteiger partial charge on any atom is 1.00 e. The van der Waals surface area contributed by atoms with Crippen LogP contribution in [0.2, 0.25) is 0 Å². The molecule has 0 radical (unpaired) electrons. The van der Waals surface area contributed by atoms with Crippen molar-refractivity contribution < 1.29 is 128 Å². The monoisotopic (exact) mass is 2130 g/mol. The van der Waals surface area contributed by atoms with Gasteiger partial charge in [0, 0.05) is 180 Å². The number of aromatic nitrogens is 12. The van der Waals surface area contributed by atoms with Crippen LogP contribution in [0.5, 0.6) is 0 Å². The zero-order chi connectivity index (χ0) is 104. The molecule has 0 aromatic carbocycles. The molecule has 144 heavy (non-hydrogen) atoms. The number of H-pyrrole nitrogens is 2. The second-order valence-corrected chi connectivity index (χ2v) is 47.3. The van der Waals surface area contributed by atoms with E-state index < -0.39 is 17.3 Å². The third-order valence-electron chi connectivity index (χ3n) is 33.5. The Morgan fingerprint density at radius 3 is 1.49 bits per heavy atom. The first-order chi connectivity index (χ1) is 67.8. The molecule has 6 aromatic rings. The number of hydrogen-bond acceptors (Lipinski definition) is 25. The first-order valence-electron chi connectivity index (χ1n) is 52.7. The number of aromatic amines is 2. The number of rotatable bonds is 15. The molecule has 0 bridgehead atoms. The fourth-order valence-corrected chi connectivity index (χ4v) is 25.5. The molecule has 18 aliphatic rings. The van der Waals surface area contributed by atoms with Crippen molar-refractivity contribution in [2.24, 2.45) is 61.1 Å². The van der Waals surface area contributed by atoms with Crippen LogP contribution in [0.15, 0.2) is 18.0 Å². The Morgan fingerprint density at radius 1 is 0.514 bits per heavy atom. The van der Waals surface area contributed by atoms with Crippen molar-refractivity contribution in [3.8, 4) is 11.3 Å². The van der Waals surface area contributed by atoms with Gasteiger partial charge in [0.25, 0.3) is 0 Å². The van der Waals surface area contributed by atoms with Crippen molar-refractivity contribution in [3.05, 3.63) is 109 Å². The number of nitrogens with one attached hydrogen (secondary N) is 2. The summed E-state index contributed by atoms with van der Waals surface area (Å²) in [4.78, 5) is 159. The van der Waals surface area contributed by atoms with Gasteiger partial charge in [-0.25, -0.2) is 15.9 Å². The fourth-order valence-electron chi connectivity index (χ4n) is 24.3. The SMILES string of the molecule is CC(C)C(=O)C1CCC2(CC2)C1=O.CC(C)c1[nH]nc2c1C(=O)CC21CC1.CC(C)c1[nH]nc2c1CCC21CC1.CC(C)c1c2c(nn1C)C1(CC1)/C(=C/N(C)C)C2=O.CC(C)c1c2c(nn1C)C1(CC1)CC2=O.CC(C)c1c2c(nn1C)C1(CC1)c1cnc(N)nc1-2.COC(=O)C1(CCBr)CCCC1=O.COC(=O)C1CCCC1=O.COC(=O)[C-]1CCCC1=O.O=C1CCCC12CC2.O=C1CCCC1CCBr.[K+]. The van der Waals surface area contributed by atoms with E-state index in [0.29, 0.717) is 139 Å². The van der Waals surface area contributed by atoms with Crippen molar-refractivity contribution in [2.45, 2.75) is 377 Å². The minimum absolute atomic E-state index is 0. The van der Waals surface area contributed by atoms with E-state index >= 15 is 0 Å². The van der Waals surface area contributed by atoms with Gasteiger partial charge in [-0.05, 0) is 221 Å². The second-order valence-electron chi connectivity index (χ2n) is 45.7. The molecule has 4 unspecified atom stereocenters. The third kappa shape index (κ3) is 22.7. The van der Waals surface area contributed by atoms with Crippen LogP contribution in [-0.4, -0.2) is 186 Å². The number of allylic oxidation sites excluding steroid dienone is 1. The number of ether oxygens (including phenoxy) is 3. The van der Waals surface area contributed by atoms with Gasteiger partial charge in [0.2, 0.25) is 5.95 Å². The summed E-state index contributed by atoms with van der Waals surface area (Å²) in [6.45, 7) is 25.3. The Bertz CT molecular complexity index is 5890. The maximum atomic E-state index is 12.8. The van der Waals surface area contributed by atoms with Crippen LogP contribution in [0.4, 0.5) is 5.95 Å². The second kappa shape index (κ2) is 45.5. The number of fused-ring (bicyclic) bond motifs is 13. The van der Waals surface area contributed by atoms with E-state index in [1.165, 1.54) is 107 Å². The van der Waals surface area contributed by atoms with Crippen molar-refractivity contribution in [1.29, 1.82) is 0 Å². The number of aryl methyl sites for hydroxylation is 3. The first kappa shape index (κ1) is 113. The largest absolute Gasteiger partial charge is 1.00 e. The normalized spacial score (nSPS) is 23.3. The summed E-state index contributed by atoms with van der Waals surface area (Å²) in [5.74, 6) is 3.57. The third-order valence-corrected chi connectivity index (χ3v) is 34.4. The van der Waals surface area contributed by atoms with Crippen LogP contribution >= 0.6 is 31.9 Å². The molecule has 0 aliphatic heterocycles. The molecule has 24 rings (SSSR count). The summed E-state index contributed by atoms with van der Waals surface area (Å²) in [5, 5.41) is 30.8. The quantitative estimate of drug-likeness (QED) is 0.0163. The predicted molar refractivity (Wildman–Crippen MR) is 549 cm³/mol. The minimum atomic E-state index is -0.835. The van der Waals surface area contributed by atoms with Gasteiger partial charge in [-0.15, -0.1) is 6.42 Å². The smallest absolute Gasteiger partial charge is 0.491 e. The van der Waals surface area contributed by atoms with Gasteiger partial charge in [0.15, 0.2) is 23.3 Å². The van der Waals surface area contributed by atoms with Crippen LogP contribution in [0.25, 0.3) is 11.3 Å². The van der Waals surface area contributed by atoms with E-state index in [4.69, 9.17) is 10.8 Å². The number of anilines is 1. The Labute approximate surface area is 908 Å². The molecular weight excluding hydrogens is 1980 g/mol. The average molecular weight is 2140 g/mol. The van der Waals surface area contributed by atoms with Gasteiger partial charge in [0.05, 0.1) is 95.2 Å². The van der Waals surface area contributed by atoms with Gasteiger partial charge >= 0.3 is 63.3 Å². The fraction of sp³-hybridized carbons (Fsp3) is 0.685. The zero-order valence-corrected chi connectivity index (χ0v) is 95.5. The standard InChI is InChI=1S/C15H21N3O.C14H17N5.C12H16N2O.C11H14N2O.C11H16N2.C11H16O2.C9H13BrO3.C7H11BrO.C7H10O3.C7H9O3.C7H10O.K/c1-9(2)12-11-13(19)10(8-17(3)4)15(6-7-15)14(11)16-18(12)5;1-7(2)11-9-10-8(6-16-13(15)17-10)14(4-5-14)12(9)18-19(11)3;1-7(2)10-9-8(15)6-12(4-5-12)11(9)13-14(10)3;1-6(2)9-8-7(14)5-11(3-4-11)10(8)13-12-9;1-7(2)9-8-3-4-11(5-6-11)10(8)13-12-9;1-7(2)9(12)8-3-4-11(5-6-11)10(8)13;1-13-8(12)9(5-6-10)4-2-3-7(9)11;8-5-4-6-2-1-3-7(6)9;2*1-10-7(9)5-3-2-4-6(5)8;8-6-2-1-3-7(6)4-5-7;/h8-9H,6-7H2,1-5H3;6-7H,4-5H2,1-3H3,(H2,15,16,17);7H,4-6H2,1-3H3;6H,3-5H2,1-2H3,(H,12,13);7H,3-6H2,1-2H3,(H,12,13);7-8H,3-6H2,1-2H3;2-6H2,1H3;6H,1-5H2;5H,2-4H2,1H3;2-4H2,1H3;1-5H2;/q;;;;;;;;;-1;;+1/b10-8+;;;;;;;;;;;.